The van der Waals surface area contributed by atoms with Crippen molar-refractivity contribution in [1.29, 1.82) is 5.26 Å². The second kappa shape index (κ2) is 6.44. The van der Waals surface area contributed by atoms with Gasteiger partial charge in [0.15, 0.2) is 0 Å². The number of hydrogen-bond acceptors (Lipinski definition) is 4. The Kier molecular flexibility index (Phi) is 4.63. The molecule has 0 amide bonds. The molecule has 106 valence electrons. The maximum absolute atomic E-state index is 10.9. The second-order valence-corrected chi connectivity index (χ2v) is 4.92. The molecule has 0 aliphatic rings. The average Bonchev–Trinajstić information content (AvgIpc) is 2.45. The van der Waals surface area contributed by atoms with E-state index in [1.54, 1.807) is 6.07 Å². The van der Waals surface area contributed by atoms with Crippen LogP contribution in [0.25, 0.3) is 0 Å². The molecule has 0 atom stereocenters. The smallest absolute Gasteiger partial charge is 0.276 e. The Hall–Kier alpha value is -2.29. The molecule has 0 unspecified atom stereocenters. The van der Waals surface area contributed by atoms with Crippen LogP contribution in [0.3, 0.4) is 0 Å². The molecule has 0 saturated carbocycles. The summed E-state index contributed by atoms with van der Waals surface area (Å²) < 4.78 is 5.46. The lowest BCUT2D eigenvalue weighted by Gasteiger charge is -2.09. The standard InChI is InChI=1S/C14H8Cl2N2O3/c15-11-2-3-13(18(19)20)10(6-11)8-21-14-4-1-9(7-17)5-12(14)16/h1-6H,8H2. The van der Waals surface area contributed by atoms with Crippen molar-refractivity contribution in [3.05, 3.63) is 67.7 Å². The van der Waals surface area contributed by atoms with Crippen LogP contribution in [0.1, 0.15) is 11.1 Å². The summed E-state index contributed by atoms with van der Waals surface area (Å²) in [4.78, 5) is 10.4. The van der Waals surface area contributed by atoms with Gasteiger partial charge in [-0.05, 0) is 30.3 Å². The Morgan fingerprint density at radius 2 is 2.00 bits per heavy atom. The van der Waals surface area contributed by atoms with Crippen molar-refractivity contribution in [3.63, 3.8) is 0 Å². The van der Waals surface area contributed by atoms with E-state index in [2.05, 4.69) is 0 Å². The Morgan fingerprint density at radius 1 is 1.24 bits per heavy atom. The highest BCUT2D eigenvalue weighted by Crippen LogP contribution is 2.28. The summed E-state index contributed by atoms with van der Waals surface area (Å²) in [6.45, 7) is -0.0531. The van der Waals surface area contributed by atoms with Gasteiger partial charge in [0.2, 0.25) is 0 Å². The maximum Gasteiger partial charge on any atom is 0.276 e. The normalized spacial score (nSPS) is 9.95. The number of benzene rings is 2. The van der Waals surface area contributed by atoms with Gasteiger partial charge in [-0.1, -0.05) is 23.2 Å². The third-order valence-electron chi connectivity index (χ3n) is 2.68. The first-order valence-corrected chi connectivity index (χ1v) is 6.52. The summed E-state index contributed by atoms with van der Waals surface area (Å²) in [5.41, 5.74) is 0.665. The van der Waals surface area contributed by atoms with Crippen LogP contribution in [0.4, 0.5) is 5.69 Å². The highest BCUT2D eigenvalue weighted by atomic mass is 35.5. The molecule has 2 rings (SSSR count). The molecule has 0 radical (unpaired) electrons. The summed E-state index contributed by atoms with van der Waals surface area (Å²) >= 11 is 11.8. The minimum Gasteiger partial charge on any atom is -0.487 e. The van der Waals surface area contributed by atoms with Gasteiger partial charge in [0, 0.05) is 11.1 Å². The first kappa shape index (κ1) is 15.1. The van der Waals surface area contributed by atoms with Gasteiger partial charge >= 0.3 is 0 Å². The third kappa shape index (κ3) is 3.63. The Bertz CT molecular complexity index is 741. The minimum atomic E-state index is -0.505. The van der Waals surface area contributed by atoms with E-state index in [0.717, 1.165) is 0 Å². The van der Waals surface area contributed by atoms with E-state index in [0.29, 0.717) is 21.9 Å². The van der Waals surface area contributed by atoms with Crippen molar-refractivity contribution >= 4 is 28.9 Å². The topological polar surface area (TPSA) is 76.2 Å². The fraction of sp³-hybridized carbons (Fsp3) is 0.0714. The Balaban J connectivity index is 2.22. The zero-order valence-electron chi connectivity index (χ0n) is 10.5. The van der Waals surface area contributed by atoms with Crippen LogP contribution in [-0.2, 0) is 6.61 Å². The van der Waals surface area contributed by atoms with Crippen LogP contribution >= 0.6 is 23.2 Å². The van der Waals surface area contributed by atoms with Gasteiger partial charge in [0.05, 0.1) is 27.1 Å². The largest absolute Gasteiger partial charge is 0.487 e. The van der Waals surface area contributed by atoms with E-state index in [-0.39, 0.29) is 17.3 Å². The highest BCUT2D eigenvalue weighted by Gasteiger charge is 2.15. The first-order valence-electron chi connectivity index (χ1n) is 5.76. The summed E-state index contributed by atoms with van der Waals surface area (Å²) in [6, 6.07) is 10.7. The maximum atomic E-state index is 10.9. The molecule has 2 aromatic carbocycles. The zero-order valence-corrected chi connectivity index (χ0v) is 12.1. The van der Waals surface area contributed by atoms with Crippen LogP contribution in [0.15, 0.2) is 36.4 Å². The number of nitro groups is 1. The predicted molar refractivity (Wildman–Crippen MR) is 78.6 cm³/mol. The number of halogens is 2. The number of nitro benzene ring substituents is 1. The summed E-state index contributed by atoms with van der Waals surface area (Å²) in [5, 5.41) is 20.3. The van der Waals surface area contributed by atoms with Gasteiger partial charge in [-0.2, -0.15) is 5.26 Å². The quantitative estimate of drug-likeness (QED) is 0.619. The molecule has 0 aromatic heterocycles. The van der Waals surface area contributed by atoms with Crippen LogP contribution < -0.4 is 4.74 Å². The lowest BCUT2D eigenvalue weighted by Crippen LogP contribution is -2.01. The van der Waals surface area contributed by atoms with E-state index in [1.165, 1.54) is 30.3 Å². The van der Waals surface area contributed by atoms with Crippen LogP contribution in [0.5, 0.6) is 5.75 Å². The van der Waals surface area contributed by atoms with E-state index < -0.39 is 4.92 Å². The van der Waals surface area contributed by atoms with E-state index >= 15 is 0 Å². The molecule has 0 saturated heterocycles. The third-order valence-corrected chi connectivity index (χ3v) is 3.21. The van der Waals surface area contributed by atoms with Crippen molar-refractivity contribution in [1.82, 2.24) is 0 Å². The molecule has 2 aromatic rings. The van der Waals surface area contributed by atoms with Crippen molar-refractivity contribution in [2.75, 3.05) is 0 Å². The van der Waals surface area contributed by atoms with E-state index in [4.69, 9.17) is 33.2 Å². The fourth-order valence-corrected chi connectivity index (χ4v) is 2.12. The molecule has 0 spiro atoms. The SMILES string of the molecule is N#Cc1ccc(OCc2cc(Cl)ccc2[N+](=O)[O-])c(Cl)c1. The lowest BCUT2D eigenvalue weighted by atomic mass is 10.2. The molecule has 0 aliphatic carbocycles. The number of nitrogens with zero attached hydrogens (tertiary/aromatic N) is 2. The van der Waals surface area contributed by atoms with E-state index in [1.807, 2.05) is 6.07 Å². The van der Waals surface area contributed by atoms with Crippen molar-refractivity contribution in [2.45, 2.75) is 6.61 Å². The second-order valence-electron chi connectivity index (χ2n) is 4.08. The van der Waals surface area contributed by atoms with E-state index in [9.17, 15) is 10.1 Å². The summed E-state index contributed by atoms with van der Waals surface area (Å²) in [5.74, 6) is 0.338. The van der Waals surface area contributed by atoms with Gasteiger partial charge in [-0.3, -0.25) is 10.1 Å². The van der Waals surface area contributed by atoms with Crippen LogP contribution in [0.2, 0.25) is 10.0 Å². The number of rotatable bonds is 4. The Labute approximate surface area is 130 Å². The van der Waals surface area contributed by atoms with Crippen molar-refractivity contribution < 1.29 is 9.66 Å². The van der Waals surface area contributed by atoms with Crippen molar-refractivity contribution in [2.24, 2.45) is 0 Å². The highest BCUT2D eigenvalue weighted by molar-refractivity contribution is 6.32. The number of ether oxygens (including phenoxy) is 1. The minimum absolute atomic E-state index is 0.0531. The molecule has 5 nitrogen and oxygen atoms in total. The average molecular weight is 323 g/mol. The van der Waals surface area contributed by atoms with Gasteiger partial charge in [-0.25, -0.2) is 0 Å². The summed E-state index contributed by atoms with van der Waals surface area (Å²) in [6.07, 6.45) is 0. The molecular formula is C14H8Cl2N2O3. The fourth-order valence-electron chi connectivity index (χ4n) is 1.69. The lowest BCUT2D eigenvalue weighted by molar-refractivity contribution is -0.385. The van der Waals surface area contributed by atoms with Crippen LogP contribution in [-0.4, -0.2) is 4.92 Å². The van der Waals surface area contributed by atoms with Crippen molar-refractivity contribution in [3.8, 4) is 11.8 Å². The first-order chi connectivity index (χ1) is 10.0. The Morgan fingerprint density at radius 3 is 2.62 bits per heavy atom. The van der Waals surface area contributed by atoms with Crippen LogP contribution in [0, 0.1) is 21.4 Å². The van der Waals surface area contributed by atoms with Gasteiger partial charge in [-0.15, -0.1) is 0 Å². The zero-order chi connectivity index (χ0) is 15.4. The van der Waals surface area contributed by atoms with Gasteiger partial charge in [0.1, 0.15) is 12.4 Å². The molecule has 7 heteroatoms. The monoisotopic (exact) mass is 322 g/mol. The molecule has 0 heterocycles. The molecule has 0 N–H and O–H groups in total. The molecule has 0 fully saturated rings. The predicted octanol–water partition coefficient (Wildman–Crippen LogP) is 4.35. The van der Waals surface area contributed by atoms with Gasteiger partial charge < -0.3 is 4.74 Å². The number of nitriles is 1. The summed E-state index contributed by atoms with van der Waals surface area (Å²) in [7, 11) is 0. The molecule has 21 heavy (non-hydrogen) atoms. The molecular weight excluding hydrogens is 315 g/mol. The molecule has 0 aliphatic heterocycles. The number of hydrogen-bond donors (Lipinski definition) is 0. The van der Waals surface area contributed by atoms with Gasteiger partial charge in [0.25, 0.3) is 5.69 Å². The molecule has 0 bridgehead atoms.